The van der Waals surface area contributed by atoms with Crippen molar-refractivity contribution in [2.24, 2.45) is 0 Å². The fourth-order valence-electron chi connectivity index (χ4n) is 4.53. The lowest BCUT2D eigenvalue weighted by atomic mass is 9.82. The number of nitrogens with zero attached hydrogens (tertiary/aromatic N) is 6. The topological polar surface area (TPSA) is 102 Å². The molecule has 0 bridgehead atoms. The fourth-order valence-corrected chi connectivity index (χ4v) is 4.53. The van der Waals surface area contributed by atoms with Crippen molar-refractivity contribution in [2.75, 3.05) is 12.4 Å². The summed E-state index contributed by atoms with van der Waals surface area (Å²) in [5.74, 6) is 0.382. The van der Waals surface area contributed by atoms with Crippen LogP contribution in [0.1, 0.15) is 25.7 Å². The molecule has 1 saturated carbocycles. The average molecular weight is 511 g/mol. The Balaban J connectivity index is 1.43. The predicted octanol–water partition coefficient (Wildman–Crippen LogP) is 4.06. The molecule has 0 aliphatic heterocycles. The smallest absolute Gasteiger partial charge is 0.417 e. The first-order valence-electron chi connectivity index (χ1n) is 11.2. The van der Waals surface area contributed by atoms with Crippen LogP contribution in [-0.4, -0.2) is 66.1 Å². The van der Waals surface area contributed by atoms with E-state index in [2.05, 4.69) is 25.7 Å². The number of aliphatic hydroxyl groups is 1. The molecule has 192 valence electrons. The number of ether oxygens (including phenoxy) is 1. The number of benzene rings is 1. The van der Waals surface area contributed by atoms with E-state index in [1.807, 2.05) is 0 Å². The number of aromatic nitrogens is 6. The van der Waals surface area contributed by atoms with Crippen LogP contribution in [0.2, 0.25) is 0 Å². The van der Waals surface area contributed by atoms with Gasteiger partial charge in [-0.2, -0.15) is 18.2 Å². The summed E-state index contributed by atoms with van der Waals surface area (Å²) in [6.07, 6.45) is -6.23. The molecule has 14 heteroatoms. The zero-order valence-corrected chi connectivity index (χ0v) is 19.0. The molecule has 0 atom stereocenters. The monoisotopic (exact) mass is 511 g/mol. The molecule has 5 rings (SSSR count). The van der Waals surface area contributed by atoms with Gasteiger partial charge in [-0.1, -0.05) is 11.3 Å². The number of anilines is 1. The van der Waals surface area contributed by atoms with E-state index in [0.29, 0.717) is 27.7 Å². The number of fused-ring (bicyclic) bond motifs is 2. The van der Waals surface area contributed by atoms with Gasteiger partial charge in [0.25, 0.3) is 6.43 Å². The third kappa shape index (κ3) is 4.29. The van der Waals surface area contributed by atoms with Crippen LogP contribution in [0.5, 0.6) is 5.88 Å². The maximum absolute atomic E-state index is 13.1. The van der Waals surface area contributed by atoms with Crippen molar-refractivity contribution in [3.05, 3.63) is 30.5 Å². The number of methoxy groups -OCH3 is 1. The highest BCUT2D eigenvalue weighted by Crippen LogP contribution is 2.42. The molecule has 3 aromatic heterocycles. The lowest BCUT2D eigenvalue weighted by Gasteiger charge is -2.37. The van der Waals surface area contributed by atoms with Crippen molar-refractivity contribution in [3.63, 3.8) is 0 Å². The summed E-state index contributed by atoms with van der Waals surface area (Å²) >= 11 is 0. The second kappa shape index (κ2) is 8.84. The van der Waals surface area contributed by atoms with Gasteiger partial charge < -0.3 is 15.2 Å². The summed E-state index contributed by atoms with van der Waals surface area (Å²) in [6, 6.07) is 6.56. The average Bonchev–Trinajstić information content (AvgIpc) is 3.43. The normalized spacial score (nSPS) is 20.9. The van der Waals surface area contributed by atoms with Crippen molar-refractivity contribution in [1.29, 1.82) is 0 Å². The van der Waals surface area contributed by atoms with Gasteiger partial charge in [-0.05, 0) is 49.4 Å². The minimum atomic E-state index is -4.67. The van der Waals surface area contributed by atoms with E-state index >= 15 is 0 Å². The molecule has 1 fully saturated rings. The number of nitrogens with one attached hydrogen (secondary N) is 1. The maximum atomic E-state index is 13.1. The van der Waals surface area contributed by atoms with Crippen LogP contribution in [0.25, 0.3) is 27.7 Å². The van der Waals surface area contributed by atoms with Gasteiger partial charge in [0.2, 0.25) is 11.8 Å². The molecular weight excluding hydrogens is 489 g/mol. The molecule has 1 aromatic carbocycles. The molecule has 2 N–H and O–H groups in total. The Bertz CT molecular complexity index is 1390. The molecule has 4 aromatic rings. The first-order valence-corrected chi connectivity index (χ1v) is 11.2. The summed E-state index contributed by atoms with van der Waals surface area (Å²) in [5.41, 5.74) is 0.126. The summed E-state index contributed by atoms with van der Waals surface area (Å²) < 4.78 is 73.2. The van der Waals surface area contributed by atoms with Crippen LogP contribution in [0, 0.1) is 0 Å². The molecule has 0 saturated heterocycles. The Morgan fingerprint density at radius 1 is 1.22 bits per heavy atom. The predicted molar refractivity (Wildman–Crippen MR) is 119 cm³/mol. The van der Waals surface area contributed by atoms with Crippen LogP contribution < -0.4 is 10.1 Å². The van der Waals surface area contributed by atoms with Gasteiger partial charge in [-0.25, -0.2) is 18.0 Å². The van der Waals surface area contributed by atoms with E-state index in [1.54, 1.807) is 30.5 Å². The molecule has 0 radical (unpaired) electrons. The Morgan fingerprint density at radius 3 is 2.64 bits per heavy atom. The van der Waals surface area contributed by atoms with Gasteiger partial charge in [0.15, 0.2) is 5.60 Å². The standard InChI is InChI=1S/C22H22F5N7O2/c1-36-19-18-14(12-2-3-15-16(10-12)34(32-30-15)11-17(23)24)6-9-33(18)31-20(29-19)28-13-4-7-21(35,8-5-13)22(25,26)27/h2-3,6,9-10,13,17,35H,4-5,7-8,11H2,1H3,(H,28,31)/t13-,21+. The van der Waals surface area contributed by atoms with Crippen molar-refractivity contribution < 1.29 is 31.8 Å². The SMILES string of the molecule is COc1nc(N[C@H]2CC[C@](O)(C(F)(F)F)CC2)nn2ccc(-c3ccc4nnn(CC(F)F)c4c3)c12. The molecule has 0 amide bonds. The molecule has 3 heterocycles. The number of hydrogen-bond donors (Lipinski definition) is 2. The second-order valence-corrected chi connectivity index (χ2v) is 8.78. The first-order chi connectivity index (χ1) is 17.1. The third-order valence-electron chi connectivity index (χ3n) is 6.48. The Kier molecular flexibility index (Phi) is 5.93. The van der Waals surface area contributed by atoms with Gasteiger partial charge in [0.05, 0.1) is 12.6 Å². The van der Waals surface area contributed by atoms with E-state index in [0.717, 1.165) is 4.68 Å². The Morgan fingerprint density at radius 2 is 1.97 bits per heavy atom. The number of halogens is 5. The van der Waals surface area contributed by atoms with E-state index in [1.165, 1.54) is 11.6 Å². The van der Waals surface area contributed by atoms with Crippen LogP contribution in [0.4, 0.5) is 27.9 Å². The minimum Gasteiger partial charge on any atom is -0.479 e. The zero-order chi connectivity index (χ0) is 25.7. The molecule has 1 aliphatic carbocycles. The van der Waals surface area contributed by atoms with Crippen LogP contribution in [0.15, 0.2) is 30.5 Å². The minimum absolute atomic E-state index is 0.0942. The van der Waals surface area contributed by atoms with Gasteiger partial charge in [0, 0.05) is 17.8 Å². The van der Waals surface area contributed by atoms with E-state index in [4.69, 9.17) is 4.74 Å². The highest BCUT2D eigenvalue weighted by atomic mass is 19.4. The van der Waals surface area contributed by atoms with Gasteiger partial charge >= 0.3 is 6.18 Å². The lowest BCUT2D eigenvalue weighted by Crippen LogP contribution is -2.49. The summed E-state index contributed by atoms with van der Waals surface area (Å²) in [5, 5.41) is 25.1. The van der Waals surface area contributed by atoms with Gasteiger partial charge in [-0.15, -0.1) is 10.2 Å². The summed E-state index contributed by atoms with van der Waals surface area (Å²) in [7, 11) is 1.43. The summed E-state index contributed by atoms with van der Waals surface area (Å²) in [6.45, 7) is -0.584. The molecule has 36 heavy (non-hydrogen) atoms. The molecule has 0 spiro atoms. The van der Waals surface area contributed by atoms with Crippen molar-refractivity contribution in [2.45, 2.75) is 56.5 Å². The number of hydrogen-bond acceptors (Lipinski definition) is 7. The largest absolute Gasteiger partial charge is 0.479 e. The van der Waals surface area contributed by atoms with E-state index < -0.39 is 37.6 Å². The maximum Gasteiger partial charge on any atom is 0.417 e. The van der Waals surface area contributed by atoms with E-state index in [-0.39, 0.29) is 30.7 Å². The Hall–Kier alpha value is -3.55. The van der Waals surface area contributed by atoms with Crippen LogP contribution >= 0.6 is 0 Å². The van der Waals surface area contributed by atoms with Crippen molar-refractivity contribution in [1.82, 2.24) is 29.6 Å². The first kappa shape index (κ1) is 24.2. The van der Waals surface area contributed by atoms with E-state index in [9.17, 15) is 27.1 Å². The zero-order valence-electron chi connectivity index (χ0n) is 19.0. The molecule has 0 unspecified atom stereocenters. The third-order valence-corrected chi connectivity index (χ3v) is 6.48. The summed E-state index contributed by atoms with van der Waals surface area (Å²) in [4.78, 5) is 4.39. The number of rotatable bonds is 6. The number of alkyl halides is 5. The van der Waals surface area contributed by atoms with Gasteiger partial charge in [0.1, 0.15) is 17.6 Å². The highest BCUT2D eigenvalue weighted by molar-refractivity contribution is 5.89. The van der Waals surface area contributed by atoms with Crippen LogP contribution in [-0.2, 0) is 6.54 Å². The lowest BCUT2D eigenvalue weighted by molar-refractivity contribution is -0.269. The second-order valence-electron chi connectivity index (χ2n) is 8.78. The van der Waals surface area contributed by atoms with Crippen molar-refractivity contribution in [3.8, 4) is 17.0 Å². The molecule has 1 aliphatic rings. The molecule has 9 nitrogen and oxygen atoms in total. The van der Waals surface area contributed by atoms with Crippen LogP contribution in [0.3, 0.4) is 0 Å². The van der Waals surface area contributed by atoms with Gasteiger partial charge in [-0.3, -0.25) is 0 Å². The fraction of sp³-hybridized carbons (Fsp3) is 0.455. The quantitative estimate of drug-likeness (QED) is 0.377. The molecular formula is C22H22F5N7O2. The van der Waals surface area contributed by atoms with Crippen molar-refractivity contribution >= 4 is 22.5 Å². The highest BCUT2D eigenvalue weighted by Gasteiger charge is 2.54. The Labute approximate surface area is 200 Å².